The molecular weight excluding hydrogens is 426 g/mol. The van der Waals surface area contributed by atoms with Gasteiger partial charge in [0.25, 0.3) is 0 Å². The second kappa shape index (κ2) is 9.18. The van der Waals surface area contributed by atoms with E-state index in [0.29, 0.717) is 25.1 Å². The maximum Gasteiger partial charge on any atom is 0.250 e. The zero-order chi connectivity index (χ0) is 22.9. The van der Waals surface area contributed by atoms with Gasteiger partial charge in [-0.2, -0.15) is 20.1 Å². The van der Waals surface area contributed by atoms with Crippen LogP contribution in [-0.2, 0) is 17.6 Å². The monoisotopic (exact) mass is 457 g/mol. The molecule has 1 N–H and O–H groups in total. The molecule has 0 saturated carbocycles. The Hall–Kier alpha value is -3.26. The normalized spacial score (nSPS) is 18.6. The molecule has 1 aliphatic carbocycles. The minimum absolute atomic E-state index is 0.488. The number of morpholine rings is 1. The van der Waals surface area contributed by atoms with Crippen LogP contribution in [0, 0.1) is 0 Å². The zero-order valence-electron chi connectivity index (χ0n) is 19.8. The quantitative estimate of drug-likeness (QED) is 0.461. The second-order valence-corrected chi connectivity index (χ2v) is 9.33. The van der Waals surface area contributed by atoms with Crippen molar-refractivity contribution < 1.29 is 4.74 Å². The molecule has 6 rings (SSSR count). The largest absolute Gasteiger partial charge is 0.378 e. The Morgan fingerprint density at radius 3 is 2.32 bits per heavy atom. The van der Waals surface area contributed by atoms with E-state index in [0.717, 1.165) is 56.2 Å². The van der Waals surface area contributed by atoms with Crippen molar-refractivity contribution in [3.63, 3.8) is 0 Å². The average Bonchev–Trinajstić information content (AvgIpc) is 3.33. The standard InChI is InChI=1S/C26H31N7O/c1-18(21-11-10-20-9-8-19-6-5-7-22(21)23(19)20)30-31-24-27-25(32-12-3-2-4-13-32)29-26(28-24)33-14-16-34-17-15-33/h5-7,10-11H,2-4,8-9,12-17H2,1H3,(H,27,28,29,31)/b30-18-. The van der Waals surface area contributed by atoms with Gasteiger partial charge in [-0.05, 0) is 60.9 Å². The van der Waals surface area contributed by atoms with Crippen LogP contribution in [0.15, 0.2) is 35.4 Å². The molecule has 2 fully saturated rings. The minimum Gasteiger partial charge on any atom is -0.378 e. The number of hydrogen-bond donors (Lipinski definition) is 1. The number of benzene rings is 2. The molecule has 2 aliphatic heterocycles. The van der Waals surface area contributed by atoms with Crippen molar-refractivity contribution in [2.24, 2.45) is 5.10 Å². The van der Waals surface area contributed by atoms with Gasteiger partial charge in [0.15, 0.2) is 0 Å². The Morgan fingerprint density at radius 2 is 1.56 bits per heavy atom. The predicted molar refractivity (Wildman–Crippen MR) is 136 cm³/mol. The van der Waals surface area contributed by atoms with Crippen LogP contribution in [0.1, 0.15) is 42.9 Å². The molecule has 0 bridgehead atoms. The Bertz CT molecular complexity index is 1180. The number of nitrogens with one attached hydrogen (secondary N) is 1. The fourth-order valence-electron chi connectivity index (χ4n) is 5.30. The van der Waals surface area contributed by atoms with E-state index in [9.17, 15) is 0 Å². The van der Waals surface area contributed by atoms with Crippen LogP contribution in [0.5, 0.6) is 0 Å². The summed E-state index contributed by atoms with van der Waals surface area (Å²) in [6.07, 6.45) is 5.85. The van der Waals surface area contributed by atoms with E-state index in [2.05, 4.69) is 45.6 Å². The molecular formula is C26H31N7O. The number of rotatable bonds is 5. The van der Waals surface area contributed by atoms with Gasteiger partial charge in [0.1, 0.15) is 0 Å². The molecule has 0 amide bonds. The van der Waals surface area contributed by atoms with E-state index in [1.165, 1.54) is 41.2 Å². The van der Waals surface area contributed by atoms with Crippen LogP contribution < -0.4 is 15.2 Å². The maximum absolute atomic E-state index is 5.52. The van der Waals surface area contributed by atoms with E-state index in [1.807, 2.05) is 6.92 Å². The molecule has 3 heterocycles. The third-order valence-electron chi connectivity index (χ3n) is 7.13. The predicted octanol–water partition coefficient (Wildman–Crippen LogP) is 3.79. The number of piperidine rings is 1. The van der Waals surface area contributed by atoms with Gasteiger partial charge in [-0.15, -0.1) is 0 Å². The first kappa shape index (κ1) is 21.3. The first-order valence-electron chi connectivity index (χ1n) is 12.4. The molecule has 8 heteroatoms. The summed E-state index contributed by atoms with van der Waals surface area (Å²) in [7, 11) is 0. The fourth-order valence-corrected chi connectivity index (χ4v) is 5.30. The lowest BCUT2D eigenvalue weighted by Gasteiger charge is -2.30. The molecule has 0 spiro atoms. The van der Waals surface area contributed by atoms with Crippen LogP contribution >= 0.6 is 0 Å². The lowest BCUT2D eigenvalue weighted by Crippen LogP contribution is -2.38. The van der Waals surface area contributed by atoms with Gasteiger partial charge in [0.2, 0.25) is 17.8 Å². The summed E-state index contributed by atoms with van der Waals surface area (Å²) in [6.45, 7) is 6.95. The summed E-state index contributed by atoms with van der Waals surface area (Å²) in [5.41, 5.74) is 8.10. The number of hydrazone groups is 1. The van der Waals surface area contributed by atoms with Crippen LogP contribution in [0.3, 0.4) is 0 Å². The summed E-state index contributed by atoms with van der Waals surface area (Å²) in [4.78, 5) is 18.7. The fraction of sp³-hybridized carbons (Fsp3) is 0.462. The summed E-state index contributed by atoms with van der Waals surface area (Å²) in [6, 6.07) is 11.0. The van der Waals surface area contributed by atoms with Gasteiger partial charge in [-0.25, -0.2) is 5.43 Å². The molecule has 3 aliphatic rings. The number of hydrogen-bond acceptors (Lipinski definition) is 8. The van der Waals surface area contributed by atoms with Gasteiger partial charge < -0.3 is 14.5 Å². The summed E-state index contributed by atoms with van der Waals surface area (Å²) in [5.74, 6) is 1.92. The SMILES string of the molecule is C/C(=N/Nc1nc(N2CCCCC2)nc(N2CCOCC2)n1)c1ccc2c3c(cccc13)CC2. The van der Waals surface area contributed by atoms with Crippen molar-refractivity contribution in [1.29, 1.82) is 0 Å². The van der Waals surface area contributed by atoms with Gasteiger partial charge in [-0.3, -0.25) is 0 Å². The van der Waals surface area contributed by atoms with Crippen molar-refractivity contribution in [3.8, 4) is 0 Å². The molecule has 2 saturated heterocycles. The number of aromatic nitrogens is 3. The molecule has 2 aromatic carbocycles. The highest BCUT2D eigenvalue weighted by Crippen LogP contribution is 2.33. The number of anilines is 3. The van der Waals surface area contributed by atoms with E-state index in [-0.39, 0.29) is 0 Å². The van der Waals surface area contributed by atoms with Crippen molar-refractivity contribution in [2.75, 3.05) is 54.6 Å². The highest BCUT2D eigenvalue weighted by atomic mass is 16.5. The van der Waals surface area contributed by atoms with Crippen LogP contribution in [0.2, 0.25) is 0 Å². The van der Waals surface area contributed by atoms with E-state index in [4.69, 9.17) is 24.8 Å². The molecule has 1 aromatic heterocycles. The minimum atomic E-state index is 0.488. The van der Waals surface area contributed by atoms with Crippen molar-refractivity contribution in [1.82, 2.24) is 15.0 Å². The lowest BCUT2D eigenvalue weighted by molar-refractivity contribution is 0.122. The van der Waals surface area contributed by atoms with Gasteiger partial charge in [0.05, 0.1) is 18.9 Å². The topological polar surface area (TPSA) is 78.8 Å². The Balaban J connectivity index is 1.32. The molecule has 34 heavy (non-hydrogen) atoms. The first-order valence-corrected chi connectivity index (χ1v) is 12.4. The Labute approximate surface area is 200 Å². The van der Waals surface area contributed by atoms with Crippen LogP contribution in [0.4, 0.5) is 17.8 Å². The maximum atomic E-state index is 5.52. The summed E-state index contributed by atoms with van der Waals surface area (Å²) >= 11 is 0. The molecule has 0 atom stereocenters. The molecule has 3 aromatic rings. The number of nitrogens with zero attached hydrogens (tertiary/aromatic N) is 6. The average molecular weight is 458 g/mol. The van der Waals surface area contributed by atoms with Crippen LogP contribution in [0.25, 0.3) is 10.8 Å². The highest BCUT2D eigenvalue weighted by molar-refractivity contribution is 6.11. The summed E-state index contributed by atoms with van der Waals surface area (Å²) in [5, 5.41) is 7.39. The number of ether oxygens (including phenoxy) is 1. The number of aryl methyl sites for hydroxylation is 2. The zero-order valence-corrected chi connectivity index (χ0v) is 19.8. The van der Waals surface area contributed by atoms with E-state index in [1.54, 1.807) is 0 Å². The second-order valence-electron chi connectivity index (χ2n) is 9.33. The molecule has 8 nitrogen and oxygen atoms in total. The van der Waals surface area contributed by atoms with Gasteiger partial charge >= 0.3 is 0 Å². The van der Waals surface area contributed by atoms with Crippen molar-refractivity contribution in [2.45, 2.75) is 39.0 Å². The molecule has 0 unspecified atom stereocenters. The third-order valence-corrected chi connectivity index (χ3v) is 7.13. The first-order chi connectivity index (χ1) is 16.8. The van der Waals surface area contributed by atoms with Crippen molar-refractivity contribution in [3.05, 3.63) is 47.0 Å². The lowest BCUT2D eigenvalue weighted by atomic mass is 9.98. The molecule has 0 radical (unpaired) electrons. The smallest absolute Gasteiger partial charge is 0.250 e. The molecule has 176 valence electrons. The summed E-state index contributed by atoms with van der Waals surface area (Å²) < 4.78 is 5.52. The Morgan fingerprint density at radius 1 is 0.853 bits per heavy atom. The van der Waals surface area contributed by atoms with Gasteiger partial charge in [0, 0.05) is 31.7 Å². The van der Waals surface area contributed by atoms with E-state index < -0.39 is 0 Å². The van der Waals surface area contributed by atoms with Gasteiger partial charge in [-0.1, -0.05) is 30.3 Å². The third kappa shape index (κ3) is 4.07. The highest BCUT2D eigenvalue weighted by Gasteiger charge is 2.21. The Kier molecular flexibility index (Phi) is 5.74. The van der Waals surface area contributed by atoms with E-state index >= 15 is 0 Å². The van der Waals surface area contributed by atoms with Crippen LogP contribution in [-0.4, -0.2) is 60.1 Å². The van der Waals surface area contributed by atoms with Crippen molar-refractivity contribution >= 4 is 34.3 Å².